The van der Waals surface area contributed by atoms with Crippen molar-refractivity contribution in [2.24, 2.45) is 0 Å². The van der Waals surface area contributed by atoms with E-state index in [9.17, 15) is 4.39 Å². The maximum Gasteiger partial charge on any atom is 0.183 e. The summed E-state index contributed by atoms with van der Waals surface area (Å²) in [7, 11) is 3.22. The van der Waals surface area contributed by atoms with Crippen molar-refractivity contribution in [3.8, 4) is 0 Å². The summed E-state index contributed by atoms with van der Waals surface area (Å²) < 4.78 is 23.5. The first-order chi connectivity index (χ1) is 9.72. The van der Waals surface area contributed by atoms with Gasteiger partial charge in [-0.05, 0) is 29.8 Å². The lowest BCUT2D eigenvalue weighted by atomic mass is 10.2. The highest BCUT2D eigenvalue weighted by molar-refractivity contribution is 7.98. The largest absolute Gasteiger partial charge is 0.352 e. The van der Waals surface area contributed by atoms with Crippen LogP contribution in [0.15, 0.2) is 53.4 Å². The molecule has 2 rings (SSSR count). The molecule has 0 heterocycles. The van der Waals surface area contributed by atoms with Crippen molar-refractivity contribution in [2.75, 3.05) is 14.2 Å². The highest BCUT2D eigenvalue weighted by Crippen LogP contribution is 2.25. The van der Waals surface area contributed by atoms with Crippen LogP contribution in [0.3, 0.4) is 0 Å². The van der Waals surface area contributed by atoms with Gasteiger partial charge in [0.1, 0.15) is 5.82 Å². The van der Waals surface area contributed by atoms with Gasteiger partial charge in [0.05, 0.1) is 0 Å². The Balaban J connectivity index is 1.97. The van der Waals surface area contributed by atoms with Gasteiger partial charge >= 0.3 is 0 Å². The summed E-state index contributed by atoms with van der Waals surface area (Å²) in [4.78, 5) is 1.13. The van der Waals surface area contributed by atoms with Gasteiger partial charge in [-0.2, -0.15) is 0 Å². The van der Waals surface area contributed by atoms with E-state index in [1.54, 1.807) is 38.1 Å². The molecule has 0 atom stereocenters. The first-order valence-corrected chi connectivity index (χ1v) is 7.24. The molecule has 0 N–H and O–H groups in total. The monoisotopic (exact) mass is 292 g/mol. The fourth-order valence-electron chi connectivity index (χ4n) is 1.88. The molecule has 0 aliphatic heterocycles. The van der Waals surface area contributed by atoms with Gasteiger partial charge in [0.15, 0.2) is 6.29 Å². The number of methoxy groups -OCH3 is 2. The van der Waals surface area contributed by atoms with E-state index in [0.29, 0.717) is 0 Å². The van der Waals surface area contributed by atoms with E-state index in [1.165, 1.54) is 6.07 Å². The number of halogens is 1. The lowest BCUT2D eigenvalue weighted by molar-refractivity contribution is -0.106. The molecule has 0 unspecified atom stereocenters. The molecule has 0 aromatic heterocycles. The maximum absolute atomic E-state index is 13.1. The van der Waals surface area contributed by atoms with Gasteiger partial charge in [0, 0.05) is 30.4 Å². The van der Waals surface area contributed by atoms with Gasteiger partial charge in [0.25, 0.3) is 0 Å². The van der Waals surface area contributed by atoms with Crippen molar-refractivity contribution in [3.05, 3.63) is 65.5 Å². The lowest BCUT2D eigenvalue weighted by Crippen LogP contribution is -2.02. The van der Waals surface area contributed by atoms with Gasteiger partial charge in [-0.25, -0.2) is 4.39 Å². The average molecular weight is 292 g/mol. The van der Waals surface area contributed by atoms with E-state index in [2.05, 4.69) is 0 Å². The Kier molecular flexibility index (Phi) is 5.59. The third-order valence-corrected chi connectivity index (χ3v) is 3.96. The predicted molar refractivity (Wildman–Crippen MR) is 79.2 cm³/mol. The van der Waals surface area contributed by atoms with Gasteiger partial charge in [0.2, 0.25) is 0 Å². The van der Waals surface area contributed by atoms with Crippen molar-refractivity contribution in [1.29, 1.82) is 0 Å². The Morgan fingerprint density at radius 1 is 1.05 bits per heavy atom. The fraction of sp³-hybridized carbons (Fsp3) is 0.250. The Hall–Kier alpha value is -1.36. The minimum absolute atomic E-state index is 0.193. The summed E-state index contributed by atoms with van der Waals surface area (Å²) in [6, 6.07) is 14.7. The Bertz CT molecular complexity index is 538. The van der Waals surface area contributed by atoms with Crippen LogP contribution in [0.25, 0.3) is 0 Å². The average Bonchev–Trinajstić information content (AvgIpc) is 2.48. The topological polar surface area (TPSA) is 18.5 Å². The number of hydrogen-bond donors (Lipinski definition) is 0. The smallest absolute Gasteiger partial charge is 0.183 e. The molecule has 0 saturated carbocycles. The molecule has 2 aromatic carbocycles. The normalized spacial score (nSPS) is 11.0. The van der Waals surface area contributed by atoms with Crippen LogP contribution in [0, 0.1) is 5.82 Å². The first kappa shape index (κ1) is 15.0. The third kappa shape index (κ3) is 4.07. The molecule has 2 nitrogen and oxygen atoms in total. The number of ether oxygens (including phenoxy) is 2. The zero-order chi connectivity index (χ0) is 14.4. The lowest BCUT2D eigenvalue weighted by Gasteiger charge is -2.13. The van der Waals surface area contributed by atoms with Crippen LogP contribution < -0.4 is 0 Å². The van der Waals surface area contributed by atoms with Gasteiger partial charge < -0.3 is 9.47 Å². The van der Waals surface area contributed by atoms with Crippen molar-refractivity contribution >= 4 is 11.8 Å². The molecule has 0 saturated heterocycles. The van der Waals surface area contributed by atoms with Crippen molar-refractivity contribution in [3.63, 3.8) is 0 Å². The zero-order valence-electron chi connectivity index (χ0n) is 11.5. The molecule has 4 heteroatoms. The second-order valence-corrected chi connectivity index (χ2v) is 5.34. The molecule has 2 aromatic rings. The summed E-state index contributed by atoms with van der Waals surface area (Å²) in [5.41, 5.74) is 1.95. The Morgan fingerprint density at radius 3 is 2.35 bits per heavy atom. The molecule has 0 aliphatic carbocycles. The van der Waals surface area contributed by atoms with Crippen LogP contribution in [-0.4, -0.2) is 14.2 Å². The molecule has 0 spiro atoms. The molecular formula is C16H17FO2S. The van der Waals surface area contributed by atoms with Crippen LogP contribution in [-0.2, 0) is 15.2 Å². The van der Waals surface area contributed by atoms with Crippen molar-refractivity contribution in [2.45, 2.75) is 16.9 Å². The predicted octanol–water partition coefficient (Wildman–Crippen LogP) is 4.41. The van der Waals surface area contributed by atoms with E-state index < -0.39 is 0 Å². The molecule has 106 valence electrons. The van der Waals surface area contributed by atoms with E-state index in [4.69, 9.17) is 9.47 Å². The van der Waals surface area contributed by atoms with Crippen LogP contribution in [0.4, 0.5) is 4.39 Å². The van der Waals surface area contributed by atoms with Gasteiger partial charge in [-0.1, -0.05) is 24.3 Å². The minimum Gasteiger partial charge on any atom is -0.352 e. The standard InChI is InChI=1S/C16H17FO2S/c1-18-16(19-2)13-6-8-15(9-7-13)20-11-12-4-3-5-14(17)10-12/h3-10,16H,11H2,1-2H3. The summed E-state index contributed by atoms with van der Waals surface area (Å²) in [6.07, 6.45) is -0.336. The second kappa shape index (κ2) is 7.43. The maximum atomic E-state index is 13.1. The SMILES string of the molecule is COC(OC)c1ccc(SCc2cccc(F)c2)cc1. The van der Waals surface area contributed by atoms with Crippen molar-refractivity contribution in [1.82, 2.24) is 0 Å². The molecule has 20 heavy (non-hydrogen) atoms. The number of thioether (sulfide) groups is 1. The quantitative estimate of drug-likeness (QED) is 0.580. The van der Waals surface area contributed by atoms with Crippen molar-refractivity contribution < 1.29 is 13.9 Å². The number of rotatable bonds is 6. The molecular weight excluding hydrogens is 275 g/mol. The van der Waals surface area contributed by atoms with E-state index >= 15 is 0 Å². The Morgan fingerprint density at radius 2 is 1.75 bits per heavy atom. The third-order valence-electron chi connectivity index (χ3n) is 2.87. The highest BCUT2D eigenvalue weighted by atomic mass is 32.2. The number of hydrogen-bond acceptors (Lipinski definition) is 3. The fourth-order valence-corrected chi connectivity index (χ4v) is 2.72. The first-order valence-electron chi connectivity index (χ1n) is 6.25. The molecule has 0 radical (unpaired) electrons. The van der Waals surface area contributed by atoms with Crippen LogP contribution in [0.2, 0.25) is 0 Å². The van der Waals surface area contributed by atoms with E-state index in [-0.39, 0.29) is 12.1 Å². The van der Waals surface area contributed by atoms with Gasteiger partial charge in [-0.3, -0.25) is 0 Å². The highest BCUT2D eigenvalue weighted by Gasteiger charge is 2.08. The Labute approximate surface area is 122 Å². The minimum atomic E-state index is -0.336. The summed E-state index contributed by atoms with van der Waals surface area (Å²) in [5.74, 6) is 0.552. The molecule has 0 amide bonds. The van der Waals surface area contributed by atoms with Gasteiger partial charge in [-0.15, -0.1) is 11.8 Å². The number of benzene rings is 2. The molecule has 0 fully saturated rings. The summed E-state index contributed by atoms with van der Waals surface area (Å²) >= 11 is 1.67. The van der Waals surface area contributed by atoms with Crippen LogP contribution in [0.1, 0.15) is 17.4 Å². The van der Waals surface area contributed by atoms with Crippen LogP contribution >= 0.6 is 11.8 Å². The summed E-state index contributed by atoms with van der Waals surface area (Å²) in [5, 5.41) is 0. The van der Waals surface area contributed by atoms with Crippen LogP contribution in [0.5, 0.6) is 0 Å². The molecule has 0 bridgehead atoms. The summed E-state index contributed by atoms with van der Waals surface area (Å²) in [6.45, 7) is 0. The molecule has 0 aliphatic rings. The second-order valence-electron chi connectivity index (χ2n) is 4.29. The zero-order valence-corrected chi connectivity index (χ0v) is 12.3. The van der Waals surface area contributed by atoms with E-state index in [1.807, 2.05) is 30.3 Å². The van der Waals surface area contributed by atoms with E-state index in [0.717, 1.165) is 21.8 Å².